The Morgan fingerprint density at radius 2 is 1.74 bits per heavy atom. The monoisotopic (exact) mass is 626 g/mol. The van der Waals surface area contributed by atoms with Gasteiger partial charge in [0.2, 0.25) is 5.95 Å². The lowest BCUT2D eigenvalue weighted by Gasteiger charge is -2.32. The molecule has 1 fully saturated rings. The second-order valence-electron chi connectivity index (χ2n) is 11.2. The molecule has 4 aromatic rings. The van der Waals surface area contributed by atoms with Crippen molar-refractivity contribution >= 4 is 23.5 Å². The highest BCUT2D eigenvalue weighted by atomic mass is 16.5. The lowest BCUT2D eigenvalue weighted by atomic mass is 9.93. The minimum Gasteiger partial charge on any atom is -0.497 e. The molecule has 0 atom stereocenters. The van der Waals surface area contributed by atoms with Crippen molar-refractivity contribution in [2.24, 2.45) is 0 Å². The average Bonchev–Trinajstić information content (AvgIpc) is 3.06. The first-order chi connectivity index (χ1) is 22.3. The van der Waals surface area contributed by atoms with Crippen LogP contribution in [-0.4, -0.2) is 86.5 Å². The van der Waals surface area contributed by atoms with Crippen molar-refractivity contribution in [2.75, 3.05) is 71.2 Å². The fourth-order valence-electron chi connectivity index (χ4n) is 5.22. The van der Waals surface area contributed by atoms with Gasteiger partial charge in [0, 0.05) is 50.7 Å². The maximum atomic E-state index is 12.8. The van der Waals surface area contributed by atoms with E-state index in [-0.39, 0.29) is 6.61 Å². The van der Waals surface area contributed by atoms with Gasteiger partial charge in [-0.25, -0.2) is 9.78 Å². The van der Waals surface area contributed by atoms with E-state index in [0.717, 1.165) is 60.7 Å². The van der Waals surface area contributed by atoms with Crippen LogP contribution in [0.5, 0.6) is 17.2 Å². The molecule has 1 aromatic heterocycles. The van der Waals surface area contributed by atoms with E-state index in [0.29, 0.717) is 35.6 Å². The summed E-state index contributed by atoms with van der Waals surface area (Å²) in [5.74, 6) is 2.59. The molecule has 0 spiro atoms. The molecule has 242 valence electrons. The predicted molar refractivity (Wildman–Crippen MR) is 179 cm³/mol. The van der Waals surface area contributed by atoms with Gasteiger partial charge in [-0.3, -0.25) is 10.2 Å². The van der Waals surface area contributed by atoms with E-state index in [1.165, 1.54) is 5.56 Å². The van der Waals surface area contributed by atoms with Crippen LogP contribution in [0.1, 0.15) is 16.7 Å². The number of nitrogens with zero attached hydrogens (tertiary/aromatic N) is 4. The summed E-state index contributed by atoms with van der Waals surface area (Å²) in [6, 6.07) is 19.0. The minimum atomic E-state index is -0.632. The van der Waals surface area contributed by atoms with Crippen LogP contribution >= 0.6 is 0 Å². The van der Waals surface area contributed by atoms with E-state index in [9.17, 15) is 4.79 Å². The summed E-state index contributed by atoms with van der Waals surface area (Å²) < 4.78 is 22.7. The lowest BCUT2D eigenvalue weighted by molar-refractivity contribution is 0.133. The molecule has 11 heteroatoms. The number of likely N-dealkylation sites (N-methyl/N-ethyl adjacent to an activating group) is 1. The molecular formula is C35H42N6O5. The van der Waals surface area contributed by atoms with E-state index in [2.05, 4.69) is 63.4 Å². The maximum absolute atomic E-state index is 12.8. The number of rotatable bonds is 12. The van der Waals surface area contributed by atoms with Crippen LogP contribution in [-0.2, 0) is 11.3 Å². The van der Waals surface area contributed by atoms with E-state index < -0.39 is 6.09 Å². The second-order valence-corrected chi connectivity index (χ2v) is 11.2. The van der Waals surface area contributed by atoms with Crippen LogP contribution < -0.4 is 24.8 Å². The summed E-state index contributed by atoms with van der Waals surface area (Å²) in [4.78, 5) is 26.2. The summed E-state index contributed by atoms with van der Waals surface area (Å²) >= 11 is 0. The van der Waals surface area contributed by atoms with Crippen LogP contribution in [0.4, 0.5) is 22.2 Å². The number of carbonyl (C=O) groups is 1. The number of hydrogen-bond donors (Lipinski definition) is 2. The van der Waals surface area contributed by atoms with Gasteiger partial charge in [0.15, 0.2) is 11.5 Å². The Bertz CT molecular complexity index is 1640. The second kappa shape index (κ2) is 15.4. The molecule has 3 aromatic carbocycles. The number of anilines is 3. The molecule has 1 aliphatic heterocycles. The first-order valence-electron chi connectivity index (χ1n) is 15.3. The first kappa shape index (κ1) is 32.5. The Morgan fingerprint density at radius 1 is 0.913 bits per heavy atom. The normalized spacial score (nSPS) is 13.6. The van der Waals surface area contributed by atoms with Gasteiger partial charge in [-0.2, -0.15) is 4.98 Å². The van der Waals surface area contributed by atoms with Gasteiger partial charge in [-0.1, -0.05) is 24.3 Å². The Kier molecular flexibility index (Phi) is 10.9. The molecule has 0 saturated carbocycles. The van der Waals surface area contributed by atoms with Crippen molar-refractivity contribution in [3.05, 3.63) is 83.6 Å². The Balaban J connectivity index is 1.18. The highest BCUT2D eigenvalue weighted by Gasteiger charge is 2.16. The van der Waals surface area contributed by atoms with Crippen LogP contribution in [0, 0.1) is 13.8 Å². The van der Waals surface area contributed by atoms with E-state index in [4.69, 9.17) is 18.9 Å². The number of ether oxygens (including phenoxy) is 4. The van der Waals surface area contributed by atoms with Crippen molar-refractivity contribution < 1.29 is 23.7 Å². The number of hydrogen-bond acceptors (Lipinski definition) is 10. The van der Waals surface area contributed by atoms with Gasteiger partial charge in [0.25, 0.3) is 0 Å². The third-order valence-electron chi connectivity index (χ3n) is 8.14. The van der Waals surface area contributed by atoms with Crippen LogP contribution in [0.15, 0.2) is 66.9 Å². The molecule has 2 N–H and O–H groups in total. The summed E-state index contributed by atoms with van der Waals surface area (Å²) in [7, 11) is 5.39. The van der Waals surface area contributed by atoms with Crippen LogP contribution in [0.2, 0.25) is 0 Å². The molecule has 1 amide bonds. The number of benzene rings is 3. The van der Waals surface area contributed by atoms with Crippen molar-refractivity contribution in [1.29, 1.82) is 0 Å². The molecule has 0 unspecified atom stereocenters. The van der Waals surface area contributed by atoms with Crippen molar-refractivity contribution in [3.8, 4) is 28.4 Å². The van der Waals surface area contributed by atoms with E-state index in [1.807, 2.05) is 42.5 Å². The van der Waals surface area contributed by atoms with Crippen LogP contribution in [0.3, 0.4) is 0 Å². The third kappa shape index (κ3) is 8.43. The first-order valence-corrected chi connectivity index (χ1v) is 15.3. The van der Waals surface area contributed by atoms with Crippen molar-refractivity contribution in [2.45, 2.75) is 20.5 Å². The molecule has 0 bridgehead atoms. The largest absolute Gasteiger partial charge is 0.497 e. The molecule has 11 nitrogen and oxygen atoms in total. The molecule has 1 aliphatic rings. The fourth-order valence-corrected chi connectivity index (χ4v) is 5.22. The highest BCUT2D eigenvalue weighted by molar-refractivity contribution is 5.83. The number of amides is 1. The zero-order valence-corrected chi connectivity index (χ0v) is 27.1. The number of piperazine rings is 1. The molecule has 0 aliphatic carbocycles. The number of methoxy groups -OCH3 is 2. The standard InChI is InChI=1S/C35H42N6O5/c1-24-7-6-8-29(25(24)2)30-22-28(43-4)11-9-26(30)23-46-35(42)39-33-13-14-36-34(38-33)37-27-10-12-31(32(21-27)44-5)45-20-19-41-17-15-40(3)16-18-41/h6-14,21-22H,15-20,23H2,1-5H3,(H2,36,37,38,39,42). The van der Waals surface area contributed by atoms with Crippen LogP contribution in [0.25, 0.3) is 11.1 Å². The summed E-state index contributed by atoms with van der Waals surface area (Å²) in [6.07, 6.45) is 0.923. The van der Waals surface area contributed by atoms with E-state index >= 15 is 0 Å². The summed E-state index contributed by atoms with van der Waals surface area (Å²) in [6.45, 7) is 9.89. The highest BCUT2D eigenvalue weighted by Crippen LogP contribution is 2.33. The third-order valence-corrected chi connectivity index (χ3v) is 8.14. The van der Waals surface area contributed by atoms with Crippen molar-refractivity contribution in [1.82, 2.24) is 19.8 Å². The van der Waals surface area contributed by atoms with Gasteiger partial charge in [-0.05, 0) is 79.0 Å². The fraction of sp³-hybridized carbons (Fsp3) is 0.343. The minimum absolute atomic E-state index is 0.0678. The molecular weight excluding hydrogens is 584 g/mol. The molecule has 2 heterocycles. The zero-order chi connectivity index (χ0) is 32.5. The number of aromatic nitrogens is 2. The van der Waals surface area contributed by atoms with Gasteiger partial charge < -0.3 is 29.2 Å². The van der Waals surface area contributed by atoms with Crippen molar-refractivity contribution in [3.63, 3.8) is 0 Å². The summed E-state index contributed by atoms with van der Waals surface area (Å²) in [5.41, 5.74) is 5.91. The Morgan fingerprint density at radius 3 is 2.52 bits per heavy atom. The molecule has 5 rings (SSSR count). The van der Waals surface area contributed by atoms with Gasteiger partial charge in [0.05, 0.1) is 14.2 Å². The summed E-state index contributed by atoms with van der Waals surface area (Å²) in [5, 5.41) is 5.86. The average molecular weight is 627 g/mol. The smallest absolute Gasteiger partial charge is 0.413 e. The SMILES string of the molecule is COc1ccc(COC(=O)Nc2ccnc(Nc3ccc(OCCN4CCN(C)CC4)c(OC)c3)n2)c(-c2cccc(C)c2C)c1. The lowest BCUT2D eigenvalue weighted by Crippen LogP contribution is -2.45. The number of carbonyl (C=O) groups excluding carboxylic acids is 1. The van der Waals surface area contributed by atoms with Gasteiger partial charge in [-0.15, -0.1) is 0 Å². The van der Waals surface area contributed by atoms with Gasteiger partial charge in [0.1, 0.15) is 24.8 Å². The zero-order valence-electron chi connectivity index (χ0n) is 27.1. The topological polar surface area (TPSA) is 110 Å². The maximum Gasteiger partial charge on any atom is 0.413 e. The Labute approximate surface area is 270 Å². The van der Waals surface area contributed by atoms with E-state index in [1.54, 1.807) is 26.5 Å². The quantitative estimate of drug-likeness (QED) is 0.197. The molecule has 1 saturated heterocycles. The Hall–Kier alpha value is -4.87. The number of aryl methyl sites for hydroxylation is 1. The number of nitrogens with one attached hydrogen (secondary N) is 2. The van der Waals surface area contributed by atoms with Gasteiger partial charge >= 0.3 is 6.09 Å². The molecule has 46 heavy (non-hydrogen) atoms. The predicted octanol–water partition coefficient (Wildman–Crippen LogP) is 5.90. The molecule has 0 radical (unpaired) electrons.